The van der Waals surface area contributed by atoms with Gasteiger partial charge in [0.15, 0.2) is 0 Å². The summed E-state index contributed by atoms with van der Waals surface area (Å²) in [6.07, 6.45) is 7.28. The van der Waals surface area contributed by atoms with Crippen LogP contribution >= 0.6 is 0 Å². The van der Waals surface area contributed by atoms with Crippen molar-refractivity contribution in [2.24, 2.45) is 23.5 Å². The average Bonchev–Trinajstić information content (AvgIpc) is 3.10. The van der Waals surface area contributed by atoms with Gasteiger partial charge in [-0.25, -0.2) is 4.98 Å². The first-order valence-electron chi connectivity index (χ1n) is 10.2. The number of rotatable bonds is 5. The minimum Gasteiger partial charge on any atom is -0.390 e. The van der Waals surface area contributed by atoms with Gasteiger partial charge in [-0.1, -0.05) is 0 Å². The zero-order valence-corrected chi connectivity index (χ0v) is 15.8. The second-order valence-corrected chi connectivity index (χ2v) is 9.06. The predicted molar refractivity (Wildman–Crippen MR) is 104 cm³/mol. The molecule has 4 aliphatic carbocycles. The molecule has 5 aliphatic rings. The van der Waals surface area contributed by atoms with Gasteiger partial charge in [-0.15, -0.1) is 0 Å². The van der Waals surface area contributed by atoms with Crippen LogP contribution in [0.5, 0.6) is 0 Å². The molecule has 150 valence electrons. The molecule has 0 aromatic carbocycles. The number of carbonyl (C=O) groups excluding carboxylic acids is 2. The van der Waals surface area contributed by atoms with E-state index in [-0.39, 0.29) is 18.5 Å². The van der Waals surface area contributed by atoms with E-state index in [2.05, 4.69) is 20.9 Å². The lowest BCUT2D eigenvalue weighted by Crippen LogP contribution is -2.59. The molecule has 2 heterocycles. The van der Waals surface area contributed by atoms with Crippen LogP contribution < -0.4 is 21.7 Å². The van der Waals surface area contributed by atoms with Crippen molar-refractivity contribution in [2.75, 3.05) is 23.7 Å². The lowest BCUT2D eigenvalue weighted by Gasteiger charge is -2.58. The number of nitrogens with zero attached hydrogens (tertiary/aromatic N) is 1. The first-order chi connectivity index (χ1) is 13.4. The molecule has 6 N–H and O–H groups in total. The Hall–Kier alpha value is -2.35. The van der Waals surface area contributed by atoms with E-state index >= 15 is 0 Å². The lowest BCUT2D eigenvalue weighted by atomic mass is 9.52. The first kappa shape index (κ1) is 17.7. The molecule has 2 amide bonds. The van der Waals surface area contributed by atoms with E-state index in [1.165, 1.54) is 0 Å². The highest BCUT2D eigenvalue weighted by Gasteiger charge is 2.54. The highest BCUT2D eigenvalue weighted by Crippen LogP contribution is 2.56. The number of anilines is 2. The summed E-state index contributed by atoms with van der Waals surface area (Å²) >= 11 is 0. The number of nitrogens with one attached hydrogen (secondary N) is 3. The number of pyridine rings is 1. The van der Waals surface area contributed by atoms with Gasteiger partial charge in [0.2, 0.25) is 5.91 Å². The van der Waals surface area contributed by atoms with Crippen molar-refractivity contribution in [3.05, 3.63) is 17.3 Å². The van der Waals surface area contributed by atoms with Crippen LogP contribution in [-0.4, -0.2) is 46.6 Å². The van der Waals surface area contributed by atoms with E-state index in [0.717, 1.165) is 62.1 Å². The third-order valence-corrected chi connectivity index (χ3v) is 7.07. The van der Waals surface area contributed by atoms with Crippen molar-refractivity contribution in [3.63, 3.8) is 0 Å². The number of primary amides is 1. The van der Waals surface area contributed by atoms with Crippen LogP contribution in [0.3, 0.4) is 0 Å². The summed E-state index contributed by atoms with van der Waals surface area (Å²) in [5.41, 5.74) is 6.98. The van der Waals surface area contributed by atoms with Gasteiger partial charge in [0.25, 0.3) is 5.91 Å². The van der Waals surface area contributed by atoms with Crippen LogP contribution in [0.2, 0.25) is 0 Å². The van der Waals surface area contributed by atoms with Gasteiger partial charge in [0.1, 0.15) is 5.82 Å². The summed E-state index contributed by atoms with van der Waals surface area (Å²) < 4.78 is 0. The SMILES string of the molecule is NC(=O)CNC(=O)c1cnc2c(c1NC1C3CC4CC1CC(O)(C4)C3)CCN2. The number of hydrogen-bond acceptors (Lipinski definition) is 6. The molecule has 1 aromatic rings. The number of carbonyl (C=O) groups is 2. The number of hydrogen-bond donors (Lipinski definition) is 5. The van der Waals surface area contributed by atoms with Gasteiger partial charge >= 0.3 is 0 Å². The van der Waals surface area contributed by atoms with E-state index in [4.69, 9.17) is 5.73 Å². The average molecular weight is 385 g/mol. The number of nitrogens with two attached hydrogens (primary N) is 1. The Morgan fingerprint density at radius 2 is 2.04 bits per heavy atom. The summed E-state index contributed by atoms with van der Waals surface area (Å²) in [5.74, 6) is 1.38. The fourth-order valence-corrected chi connectivity index (χ4v) is 6.24. The number of aromatic nitrogens is 1. The van der Waals surface area contributed by atoms with Crippen molar-refractivity contribution in [2.45, 2.75) is 50.2 Å². The summed E-state index contributed by atoms with van der Waals surface area (Å²) in [4.78, 5) is 28.2. The van der Waals surface area contributed by atoms with Crippen molar-refractivity contribution < 1.29 is 14.7 Å². The van der Waals surface area contributed by atoms with Gasteiger partial charge in [-0.2, -0.15) is 0 Å². The van der Waals surface area contributed by atoms with Crippen molar-refractivity contribution >= 4 is 23.3 Å². The Morgan fingerprint density at radius 1 is 1.29 bits per heavy atom. The van der Waals surface area contributed by atoms with Crippen LogP contribution in [0, 0.1) is 17.8 Å². The van der Waals surface area contributed by atoms with Gasteiger partial charge < -0.3 is 26.8 Å². The Morgan fingerprint density at radius 3 is 2.71 bits per heavy atom. The molecule has 0 radical (unpaired) electrons. The number of fused-ring (bicyclic) bond motifs is 1. The minimum absolute atomic E-state index is 0.197. The number of aliphatic hydroxyl groups is 1. The zero-order valence-electron chi connectivity index (χ0n) is 15.8. The summed E-state index contributed by atoms with van der Waals surface area (Å²) in [5, 5.41) is 20.4. The smallest absolute Gasteiger partial charge is 0.255 e. The van der Waals surface area contributed by atoms with Crippen LogP contribution in [0.1, 0.15) is 48.0 Å². The summed E-state index contributed by atoms with van der Waals surface area (Å²) in [6.45, 7) is 0.597. The van der Waals surface area contributed by atoms with E-state index in [9.17, 15) is 14.7 Å². The fraction of sp³-hybridized carbons (Fsp3) is 0.650. The maximum absolute atomic E-state index is 12.7. The predicted octanol–water partition coefficient (Wildman–Crippen LogP) is 0.616. The third-order valence-electron chi connectivity index (χ3n) is 7.07. The van der Waals surface area contributed by atoms with Crippen LogP contribution in [0.15, 0.2) is 6.20 Å². The highest BCUT2D eigenvalue weighted by molar-refractivity contribution is 6.02. The largest absolute Gasteiger partial charge is 0.390 e. The minimum atomic E-state index is -0.576. The normalized spacial score (nSPS) is 34.6. The monoisotopic (exact) mass is 385 g/mol. The molecule has 4 fully saturated rings. The van der Waals surface area contributed by atoms with Crippen molar-refractivity contribution in [3.8, 4) is 0 Å². The Kier molecular flexibility index (Phi) is 4.01. The first-order valence-corrected chi connectivity index (χ1v) is 10.2. The van der Waals surface area contributed by atoms with Gasteiger partial charge in [0.05, 0.1) is 23.4 Å². The Labute approximate surface area is 163 Å². The molecule has 2 atom stereocenters. The number of amides is 2. The third kappa shape index (κ3) is 2.90. The molecule has 8 nitrogen and oxygen atoms in total. The zero-order chi connectivity index (χ0) is 19.5. The maximum Gasteiger partial charge on any atom is 0.255 e. The fourth-order valence-electron chi connectivity index (χ4n) is 6.24. The van der Waals surface area contributed by atoms with Gasteiger partial charge in [-0.3, -0.25) is 9.59 Å². The molecular formula is C20H27N5O3. The quantitative estimate of drug-likeness (QED) is 0.505. The molecule has 8 heteroatoms. The van der Waals surface area contributed by atoms with Crippen LogP contribution in [0.25, 0.3) is 0 Å². The lowest BCUT2D eigenvalue weighted by molar-refractivity contribution is -0.129. The van der Waals surface area contributed by atoms with Crippen molar-refractivity contribution in [1.82, 2.24) is 10.3 Å². The molecule has 6 rings (SSSR count). The van der Waals surface area contributed by atoms with Crippen LogP contribution in [-0.2, 0) is 11.2 Å². The molecule has 0 spiro atoms. The second-order valence-electron chi connectivity index (χ2n) is 9.06. The van der Waals surface area contributed by atoms with Gasteiger partial charge in [0, 0.05) is 24.3 Å². The van der Waals surface area contributed by atoms with Crippen molar-refractivity contribution in [1.29, 1.82) is 0 Å². The van der Waals surface area contributed by atoms with Gasteiger partial charge in [-0.05, 0) is 56.3 Å². The molecular weight excluding hydrogens is 358 g/mol. The Balaban J connectivity index is 1.45. The topological polar surface area (TPSA) is 129 Å². The maximum atomic E-state index is 12.7. The second kappa shape index (κ2) is 6.34. The standard InChI is InChI=1S/C20H27N5O3/c21-15(26)9-24-19(27)14-8-23-18-13(1-2-22-18)17(14)25-16-11-3-10-4-12(16)7-20(28,5-10)6-11/h8,10-12,16,28H,1-7,9H2,(H2,21,26)(H,24,27)(H2,22,23,25). The van der Waals surface area contributed by atoms with E-state index in [1.807, 2.05) is 0 Å². The molecule has 28 heavy (non-hydrogen) atoms. The molecule has 0 saturated heterocycles. The molecule has 1 aliphatic heterocycles. The van der Waals surface area contributed by atoms with E-state index in [1.54, 1.807) is 6.20 Å². The van der Waals surface area contributed by atoms with E-state index < -0.39 is 11.5 Å². The summed E-state index contributed by atoms with van der Waals surface area (Å²) in [6, 6.07) is 0.256. The van der Waals surface area contributed by atoms with Crippen LogP contribution in [0.4, 0.5) is 11.5 Å². The summed E-state index contributed by atoms with van der Waals surface area (Å²) in [7, 11) is 0. The molecule has 2 unspecified atom stereocenters. The molecule has 1 aromatic heterocycles. The molecule has 4 bridgehead atoms. The van der Waals surface area contributed by atoms with E-state index in [0.29, 0.717) is 23.3 Å². The molecule has 4 saturated carbocycles. The Bertz CT molecular complexity index is 825. The highest BCUT2D eigenvalue weighted by atomic mass is 16.3.